The lowest BCUT2D eigenvalue weighted by Gasteiger charge is -2.31. The van der Waals surface area contributed by atoms with Gasteiger partial charge in [-0.2, -0.15) is 0 Å². The van der Waals surface area contributed by atoms with Gasteiger partial charge in [-0.25, -0.2) is 0 Å². The molecule has 0 radical (unpaired) electrons. The molecule has 14 heavy (non-hydrogen) atoms. The minimum atomic E-state index is 0.729. The second kappa shape index (κ2) is 3.84. The Bertz CT molecular complexity index is 199. The van der Waals surface area contributed by atoms with Crippen LogP contribution in [0.4, 0.5) is 0 Å². The van der Waals surface area contributed by atoms with E-state index in [-0.39, 0.29) is 0 Å². The van der Waals surface area contributed by atoms with Crippen molar-refractivity contribution in [3.05, 3.63) is 0 Å². The SMILES string of the molecule is CC(C)CC1CCCC2(C1)CC2CN. The van der Waals surface area contributed by atoms with E-state index in [4.69, 9.17) is 5.73 Å². The second-order valence-corrected chi connectivity index (χ2v) is 6.09. The molecule has 0 amide bonds. The average molecular weight is 195 g/mol. The summed E-state index contributed by atoms with van der Waals surface area (Å²) in [5.41, 5.74) is 6.51. The fourth-order valence-electron chi connectivity index (χ4n) is 3.71. The van der Waals surface area contributed by atoms with Gasteiger partial charge in [0.15, 0.2) is 0 Å². The predicted octanol–water partition coefficient (Wildman–Crippen LogP) is 3.19. The summed E-state index contributed by atoms with van der Waals surface area (Å²) in [6.07, 6.45) is 8.80. The molecule has 0 aromatic carbocycles. The molecule has 0 aromatic heterocycles. The zero-order valence-electron chi connectivity index (χ0n) is 9.76. The van der Waals surface area contributed by atoms with Gasteiger partial charge in [0, 0.05) is 0 Å². The van der Waals surface area contributed by atoms with E-state index in [0.717, 1.165) is 29.7 Å². The first-order valence-electron chi connectivity index (χ1n) is 6.36. The third-order valence-electron chi connectivity index (χ3n) is 4.43. The van der Waals surface area contributed by atoms with Crippen LogP contribution in [0.25, 0.3) is 0 Å². The Kier molecular flexibility index (Phi) is 2.88. The van der Waals surface area contributed by atoms with Gasteiger partial charge in [-0.1, -0.05) is 26.7 Å². The van der Waals surface area contributed by atoms with Gasteiger partial charge in [-0.05, 0) is 55.4 Å². The minimum absolute atomic E-state index is 0.729. The van der Waals surface area contributed by atoms with Crippen molar-refractivity contribution < 1.29 is 0 Å². The summed E-state index contributed by atoms with van der Waals surface area (Å²) in [6, 6.07) is 0. The van der Waals surface area contributed by atoms with Crippen molar-refractivity contribution in [2.45, 2.75) is 52.4 Å². The molecule has 0 heterocycles. The molecule has 3 unspecified atom stereocenters. The van der Waals surface area contributed by atoms with E-state index in [9.17, 15) is 0 Å². The predicted molar refractivity (Wildman–Crippen MR) is 61.0 cm³/mol. The van der Waals surface area contributed by atoms with Gasteiger partial charge in [0.25, 0.3) is 0 Å². The Hall–Kier alpha value is -0.0400. The molecule has 2 N–H and O–H groups in total. The normalized spacial score (nSPS) is 42.0. The van der Waals surface area contributed by atoms with E-state index in [1.807, 2.05) is 0 Å². The largest absolute Gasteiger partial charge is 0.330 e. The quantitative estimate of drug-likeness (QED) is 0.735. The molecule has 1 nitrogen and oxygen atoms in total. The molecule has 1 spiro atoms. The van der Waals surface area contributed by atoms with Crippen LogP contribution in [-0.2, 0) is 0 Å². The van der Waals surface area contributed by atoms with Crippen LogP contribution in [0, 0.1) is 23.2 Å². The minimum Gasteiger partial charge on any atom is -0.330 e. The van der Waals surface area contributed by atoms with Crippen LogP contribution in [-0.4, -0.2) is 6.54 Å². The number of hydrogen-bond acceptors (Lipinski definition) is 1. The van der Waals surface area contributed by atoms with Crippen molar-refractivity contribution in [2.24, 2.45) is 28.9 Å². The smallest absolute Gasteiger partial charge is 0.00433 e. The highest BCUT2D eigenvalue weighted by Crippen LogP contribution is 2.62. The summed E-state index contributed by atoms with van der Waals surface area (Å²) in [4.78, 5) is 0. The molecular formula is C13H25N. The van der Waals surface area contributed by atoms with E-state index >= 15 is 0 Å². The van der Waals surface area contributed by atoms with Crippen LogP contribution in [0.15, 0.2) is 0 Å². The fraction of sp³-hybridized carbons (Fsp3) is 1.00. The standard InChI is InChI=1S/C13H25N/c1-10(2)6-11-4-3-5-13(7-11)8-12(13)9-14/h10-12H,3-9,14H2,1-2H3. The van der Waals surface area contributed by atoms with Crippen molar-refractivity contribution in [1.29, 1.82) is 0 Å². The molecule has 0 bridgehead atoms. The lowest BCUT2D eigenvalue weighted by Crippen LogP contribution is -2.21. The summed E-state index contributed by atoms with van der Waals surface area (Å²) in [7, 11) is 0. The average Bonchev–Trinajstić information content (AvgIpc) is 2.77. The third kappa shape index (κ3) is 1.98. The molecule has 1 heteroatoms. The van der Waals surface area contributed by atoms with Crippen molar-refractivity contribution in [1.82, 2.24) is 0 Å². The Balaban J connectivity index is 1.86. The molecule has 82 valence electrons. The van der Waals surface area contributed by atoms with Gasteiger partial charge < -0.3 is 5.73 Å². The molecule has 0 aliphatic heterocycles. The van der Waals surface area contributed by atoms with Gasteiger partial charge in [0.05, 0.1) is 0 Å². The van der Waals surface area contributed by atoms with E-state index in [0.29, 0.717) is 0 Å². The van der Waals surface area contributed by atoms with Crippen LogP contribution >= 0.6 is 0 Å². The Labute approximate surface area is 88.4 Å². The highest BCUT2D eigenvalue weighted by Gasteiger charge is 2.54. The molecule has 2 rings (SSSR count). The first-order chi connectivity index (χ1) is 6.66. The monoisotopic (exact) mass is 195 g/mol. The Morgan fingerprint density at radius 2 is 2.14 bits per heavy atom. The van der Waals surface area contributed by atoms with Crippen LogP contribution in [0.2, 0.25) is 0 Å². The third-order valence-corrected chi connectivity index (χ3v) is 4.43. The van der Waals surface area contributed by atoms with Crippen LogP contribution in [0.3, 0.4) is 0 Å². The molecule has 3 atom stereocenters. The van der Waals surface area contributed by atoms with Gasteiger partial charge >= 0.3 is 0 Å². The van der Waals surface area contributed by atoms with Crippen molar-refractivity contribution in [2.75, 3.05) is 6.54 Å². The molecule has 2 saturated carbocycles. The number of rotatable bonds is 3. The molecule has 0 saturated heterocycles. The van der Waals surface area contributed by atoms with Crippen LogP contribution < -0.4 is 5.73 Å². The Morgan fingerprint density at radius 1 is 1.36 bits per heavy atom. The van der Waals surface area contributed by atoms with Gasteiger partial charge in [-0.3, -0.25) is 0 Å². The second-order valence-electron chi connectivity index (χ2n) is 6.09. The molecule has 2 aliphatic rings. The summed E-state index contributed by atoms with van der Waals surface area (Å²) in [5.74, 6) is 2.78. The zero-order chi connectivity index (χ0) is 10.2. The highest BCUT2D eigenvalue weighted by molar-refractivity contribution is 5.05. The van der Waals surface area contributed by atoms with E-state index in [1.54, 1.807) is 0 Å². The first kappa shape index (κ1) is 10.5. The van der Waals surface area contributed by atoms with Gasteiger partial charge in [-0.15, -0.1) is 0 Å². The first-order valence-corrected chi connectivity index (χ1v) is 6.36. The molecule has 2 aliphatic carbocycles. The van der Waals surface area contributed by atoms with E-state index < -0.39 is 0 Å². The summed E-state index contributed by atoms with van der Waals surface area (Å²) < 4.78 is 0. The van der Waals surface area contributed by atoms with Crippen molar-refractivity contribution in [3.63, 3.8) is 0 Å². The lowest BCUT2D eigenvalue weighted by atomic mass is 9.75. The summed E-state index contributed by atoms with van der Waals surface area (Å²) >= 11 is 0. The van der Waals surface area contributed by atoms with Crippen molar-refractivity contribution in [3.8, 4) is 0 Å². The van der Waals surface area contributed by atoms with Crippen molar-refractivity contribution >= 4 is 0 Å². The van der Waals surface area contributed by atoms with Gasteiger partial charge in [0.2, 0.25) is 0 Å². The maximum absolute atomic E-state index is 5.79. The molecule has 2 fully saturated rings. The fourth-order valence-corrected chi connectivity index (χ4v) is 3.71. The van der Waals surface area contributed by atoms with Crippen LogP contribution in [0.1, 0.15) is 52.4 Å². The lowest BCUT2D eigenvalue weighted by molar-refractivity contribution is 0.205. The Morgan fingerprint density at radius 3 is 2.71 bits per heavy atom. The van der Waals surface area contributed by atoms with Gasteiger partial charge in [0.1, 0.15) is 0 Å². The van der Waals surface area contributed by atoms with Crippen LogP contribution in [0.5, 0.6) is 0 Å². The van der Waals surface area contributed by atoms with E-state index in [1.165, 1.54) is 38.5 Å². The number of nitrogens with two attached hydrogens (primary N) is 1. The zero-order valence-corrected chi connectivity index (χ0v) is 9.76. The highest BCUT2D eigenvalue weighted by atomic mass is 14.7. The molecular weight excluding hydrogens is 170 g/mol. The van der Waals surface area contributed by atoms with E-state index in [2.05, 4.69) is 13.8 Å². The summed E-state index contributed by atoms with van der Waals surface area (Å²) in [5, 5.41) is 0. The molecule has 0 aromatic rings. The topological polar surface area (TPSA) is 26.0 Å². The maximum Gasteiger partial charge on any atom is -0.00433 e. The maximum atomic E-state index is 5.79. The summed E-state index contributed by atoms with van der Waals surface area (Å²) in [6.45, 7) is 5.65. The number of hydrogen-bond donors (Lipinski definition) is 1.